The van der Waals surface area contributed by atoms with E-state index in [1.165, 1.54) is 5.56 Å². The third-order valence-electron chi connectivity index (χ3n) is 2.82. The van der Waals surface area contributed by atoms with Crippen molar-refractivity contribution in [2.45, 2.75) is 33.6 Å². The molecule has 0 spiro atoms. The van der Waals surface area contributed by atoms with Crippen molar-refractivity contribution in [3.8, 4) is 0 Å². The number of benzene rings is 1. The van der Waals surface area contributed by atoms with E-state index >= 15 is 0 Å². The zero-order chi connectivity index (χ0) is 12.7. The first-order chi connectivity index (χ1) is 8.17. The molecule has 0 saturated heterocycles. The van der Waals surface area contributed by atoms with Crippen LogP contribution in [0.2, 0.25) is 0 Å². The molecular weight excluding hydrogens is 210 g/mol. The lowest BCUT2D eigenvalue weighted by Gasteiger charge is -2.19. The van der Waals surface area contributed by atoms with E-state index in [0.29, 0.717) is 6.54 Å². The fraction of sp³-hybridized carbons (Fsp3) is 0.533. The van der Waals surface area contributed by atoms with Gasteiger partial charge in [-0.2, -0.15) is 0 Å². The molecule has 2 nitrogen and oxygen atoms in total. The molecule has 0 aliphatic rings. The Morgan fingerprint density at radius 2 is 1.59 bits per heavy atom. The van der Waals surface area contributed by atoms with Crippen LogP contribution in [0.15, 0.2) is 24.3 Å². The topological polar surface area (TPSA) is 20.3 Å². The summed E-state index contributed by atoms with van der Waals surface area (Å²) >= 11 is 0. The van der Waals surface area contributed by atoms with E-state index in [1.54, 1.807) is 0 Å². The van der Waals surface area contributed by atoms with E-state index in [9.17, 15) is 4.79 Å². The van der Waals surface area contributed by atoms with Crippen molar-refractivity contribution < 1.29 is 4.79 Å². The van der Waals surface area contributed by atoms with Crippen LogP contribution < -0.4 is 0 Å². The summed E-state index contributed by atoms with van der Waals surface area (Å²) in [6.07, 6.45) is 2.20. The van der Waals surface area contributed by atoms with Gasteiger partial charge in [0.2, 0.25) is 0 Å². The van der Waals surface area contributed by atoms with Gasteiger partial charge in [0.05, 0.1) is 6.54 Å². The second kappa shape index (κ2) is 7.23. The van der Waals surface area contributed by atoms with Crippen molar-refractivity contribution in [2.75, 3.05) is 19.6 Å². The van der Waals surface area contributed by atoms with Crippen LogP contribution in [-0.4, -0.2) is 30.3 Å². The van der Waals surface area contributed by atoms with Gasteiger partial charge in [0.15, 0.2) is 5.78 Å². The molecule has 17 heavy (non-hydrogen) atoms. The molecule has 0 fully saturated rings. The molecule has 0 aliphatic heterocycles. The fourth-order valence-electron chi connectivity index (χ4n) is 1.94. The van der Waals surface area contributed by atoms with Crippen LogP contribution in [0.5, 0.6) is 0 Å². The Morgan fingerprint density at radius 1 is 1.06 bits per heavy atom. The van der Waals surface area contributed by atoms with Gasteiger partial charge in [-0.15, -0.1) is 0 Å². The van der Waals surface area contributed by atoms with Crippen molar-refractivity contribution in [3.05, 3.63) is 35.4 Å². The molecule has 0 aliphatic carbocycles. The molecular formula is C15H23NO. The normalized spacial score (nSPS) is 10.8. The number of aryl methyl sites for hydroxylation is 1. The largest absolute Gasteiger partial charge is 0.296 e. The number of Topliss-reactive ketones (excluding diaryl/α,β-unsaturated/α-hetero) is 1. The van der Waals surface area contributed by atoms with E-state index in [1.807, 2.05) is 31.2 Å². The summed E-state index contributed by atoms with van der Waals surface area (Å²) in [5.74, 6) is 0.229. The smallest absolute Gasteiger partial charge is 0.176 e. The van der Waals surface area contributed by atoms with Crippen LogP contribution >= 0.6 is 0 Å². The van der Waals surface area contributed by atoms with Crippen LogP contribution in [0, 0.1) is 6.92 Å². The molecule has 0 amide bonds. The minimum Gasteiger partial charge on any atom is -0.296 e. The molecule has 0 N–H and O–H groups in total. The predicted molar refractivity (Wildman–Crippen MR) is 72.5 cm³/mol. The SMILES string of the molecule is CCCN(CCC)CC(=O)c1ccc(C)cc1. The van der Waals surface area contributed by atoms with Crippen LogP contribution in [0.25, 0.3) is 0 Å². The van der Waals surface area contributed by atoms with Gasteiger partial charge in [-0.05, 0) is 32.9 Å². The summed E-state index contributed by atoms with van der Waals surface area (Å²) in [4.78, 5) is 14.3. The molecule has 0 bridgehead atoms. The van der Waals surface area contributed by atoms with E-state index in [-0.39, 0.29) is 5.78 Å². The minimum absolute atomic E-state index is 0.229. The number of carbonyl (C=O) groups is 1. The summed E-state index contributed by atoms with van der Waals surface area (Å²) in [7, 11) is 0. The first-order valence-corrected chi connectivity index (χ1v) is 6.49. The molecule has 0 unspecified atom stereocenters. The third kappa shape index (κ3) is 4.70. The Hall–Kier alpha value is -1.15. The molecule has 1 aromatic carbocycles. The maximum absolute atomic E-state index is 12.1. The van der Waals surface area contributed by atoms with Crippen molar-refractivity contribution in [1.82, 2.24) is 4.90 Å². The van der Waals surface area contributed by atoms with Gasteiger partial charge in [0, 0.05) is 5.56 Å². The highest BCUT2D eigenvalue weighted by atomic mass is 16.1. The van der Waals surface area contributed by atoms with Crippen LogP contribution in [0.1, 0.15) is 42.6 Å². The number of ketones is 1. The Labute approximate surface area is 105 Å². The standard InChI is InChI=1S/C15H23NO/c1-4-10-16(11-5-2)12-15(17)14-8-6-13(3)7-9-14/h6-9H,4-5,10-12H2,1-3H3. The molecule has 0 radical (unpaired) electrons. The lowest BCUT2D eigenvalue weighted by molar-refractivity contribution is 0.0930. The van der Waals surface area contributed by atoms with E-state index < -0.39 is 0 Å². The van der Waals surface area contributed by atoms with Gasteiger partial charge in [0.1, 0.15) is 0 Å². The number of carbonyl (C=O) groups excluding carboxylic acids is 1. The molecule has 2 heteroatoms. The zero-order valence-electron chi connectivity index (χ0n) is 11.2. The lowest BCUT2D eigenvalue weighted by Crippen LogP contribution is -2.31. The Bertz CT molecular complexity index is 336. The van der Waals surface area contributed by atoms with E-state index in [2.05, 4.69) is 18.7 Å². The van der Waals surface area contributed by atoms with Gasteiger partial charge >= 0.3 is 0 Å². The Morgan fingerprint density at radius 3 is 2.06 bits per heavy atom. The highest BCUT2D eigenvalue weighted by Crippen LogP contribution is 2.06. The minimum atomic E-state index is 0.229. The summed E-state index contributed by atoms with van der Waals surface area (Å²) < 4.78 is 0. The lowest BCUT2D eigenvalue weighted by atomic mass is 10.1. The van der Waals surface area contributed by atoms with Crippen LogP contribution in [0.3, 0.4) is 0 Å². The number of hydrogen-bond acceptors (Lipinski definition) is 2. The van der Waals surface area contributed by atoms with E-state index in [4.69, 9.17) is 0 Å². The van der Waals surface area contributed by atoms with Crippen LogP contribution in [-0.2, 0) is 0 Å². The maximum atomic E-state index is 12.1. The van der Waals surface area contributed by atoms with Crippen molar-refractivity contribution >= 4 is 5.78 Å². The average Bonchev–Trinajstić information content (AvgIpc) is 2.30. The summed E-state index contributed by atoms with van der Waals surface area (Å²) in [5, 5.41) is 0. The summed E-state index contributed by atoms with van der Waals surface area (Å²) in [6, 6.07) is 7.84. The fourth-order valence-corrected chi connectivity index (χ4v) is 1.94. The maximum Gasteiger partial charge on any atom is 0.176 e. The first kappa shape index (κ1) is 13.9. The third-order valence-corrected chi connectivity index (χ3v) is 2.82. The Balaban J connectivity index is 2.60. The highest BCUT2D eigenvalue weighted by molar-refractivity contribution is 5.97. The first-order valence-electron chi connectivity index (χ1n) is 6.49. The Kier molecular flexibility index (Phi) is 5.92. The van der Waals surface area contributed by atoms with Gasteiger partial charge < -0.3 is 0 Å². The number of nitrogens with zero attached hydrogens (tertiary/aromatic N) is 1. The van der Waals surface area contributed by atoms with E-state index in [0.717, 1.165) is 31.5 Å². The van der Waals surface area contributed by atoms with Crippen LogP contribution in [0.4, 0.5) is 0 Å². The van der Waals surface area contributed by atoms with Crippen molar-refractivity contribution in [2.24, 2.45) is 0 Å². The molecule has 0 heterocycles. The second-order valence-electron chi connectivity index (χ2n) is 4.57. The van der Waals surface area contributed by atoms with Crippen molar-refractivity contribution in [3.63, 3.8) is 0 Å². The average molecular weight is 233 g/mol. The molecule has 94 valence electrons. The zero-order valence-corrected chi connectivity index (χ0v) is 11.2. The van der Waals surface area contributed by atoms with Gasteiger partial charge in [-0.25, -0.2) is 0 Å². The second-order valence-corrected chi connectivity index (χ2v) is 4.57. The molecule has 1 aromatic rings. The summed E-state index contributed by atoms with van der Waals surface area (Å²) in [5.41, 5.74) is 2.02. The number of hydrogen-bond donors (Lipinski definition) is 0. The number of rotatable bonds is 7. The van der Waals surface area contributed by atoms with Gasteiger partial charge in [-0.1, -0.05) is 43.7 Å². The van der Waals surface area contributed by atoms with Gasteiger partial charge in [-0.3, -0.25) is 9.69 Å². The van der Waals surface area contributed by atoms with Gasteiger partial charge in [0.25, 0.3) is 0 Å². The molecule has 0 saturated carbocycles. The molecule has 0 atom stereocenters. The predicted octanol–water partition coefficient (Wildman–Crippen LogP) is 3.30. The quantitative estimate of drug-likeness (QED) is 0.673. The van der Waals surface area contributed by atoms with Crippen molar-refractivity contribution in [1.29, 1.82) is 0 Å². The molecule has 0 aromatic heterocycles. The summed E-state index contributed by atoms with van der Waals surface area (Å²) in [6.45, 7) is 8.90. The monoisotopic (exact) mass is 233 g/mol. The highest BCUT2D eigenvalue weighted by Gasteiger charge is 2.10. The molecule has 1 rings (SSSR count).